The second kappa shape index (κ2) is 7.20. The number of aromatic nitrogens is 1. The lowest BCUT2D eigenvalue weighted by Gasteiger charge is -2.14. The molecule has 1 aromatic heterocycles. The number of carbonyl (C=O) groups is 1. The van der Waals surface area contributed by atoms with Gasteiger partial charge in [0.25, 0.3) is 5.56 Å². The van der Waals surface area contributed by atoms with Gasteiger partial charge in [-0.2, -0.15) is 0 Å². The van der Waals surface area contributed by atoms with E-state index in [2.05, 4.69) is 5.32 Å². The lowest BCUT2D eigenvalue weighted by Crippen LogP contribution is -2.29. The van der Waals surface area contributed by atoms with Gasteiger partial charge >= 0.3 is 0 Å². The van der Waals surface area contributed by atoms with Gasteiger partial charge in [-0.05, 0) is 31.5 Å². The molecule has 2 aromatic rings. The van der Waals surface area contributed by atoms with Gasteiger partial charge in [-0.3, -0.25) is 9.59 Å². The summed E-state index contributed by atoms with van der Waals surface area (Å²) in [6.07, 6.45) is 1.18. The molecular weight excluding hydrogens is 342 g/mol. The molecule has 0 fully saturated rings. The highest BCUT2D eigenvalue weighted by atomic mass is 32.2. The summed E-state index contributed by atoms with van der Waals surface area (Å²) in [4.78, 5) is 24.1. The minimum atomic E-state index is -3.68. The van der Waals surface area contributed by atoms with Crippen LogP contribution in [0.3, 0.4) is 0 Å². The number of anilines is 1. The molecule has 8 heteroatoms. The molecule has 0 unspecified atom stereocenters. The predicted octanol–water partition coefficient (Wildman–Crippen LogP) is 1.35. The maximum atomic E-state index is 12.2. The van der Waals surface area contributed by atoms with E-state index in [1.165, 1.54) is 26.4 Å². The van der Waals surface area contributed by atoms with Gasteiger partial charge in [0.2, 0.25) is 15.9 Å². The van der Waals surface area contributed by atoms with Crippen LogP contribution in [0.2, 0.25) is 0 Å². The summed E-state index contributed by atoms with van der Waals surface area (Å²) in [6.45, 7) is 3.55. The number of nitrogens with one attached hydrogen (secondary N) is 1. The molecule has 134 valence electrons. The van der Waals surface area contributed by atoms with Gasteiger partial charge in [-0.25, -0.2) is 12.7 Å². The summed E-state index contributed by atoms with van der Waals surface area (Å²) >= 11 is 0. The van der Waals surface area contributed by atoms with Gasteiger partial charge in [0.05, 0.1) is 4.90 Å². The number of nitrogens with zero attached hydrogens (tertiary/aromatic N) is 2. The highest BCUT2D eigenvalue weighted by Gasteiger charge is 2.18. The molecule has 0 aliphatic rings. The first-order valence-corrected chi connectivity index (χ1v) is 9.05. The number of pyridine rings is 1. The number of hydrogen-bond acceptors (Lipinski definition) is 4. The Labute approximate surface area is 147 Å². The lowest BCUT2D eigenvalue weighted by molar-refractivity contribution is -0.116. The highest BCUT2D eigenvalue weighted by Crippen LogP contribution is 2.16. The number of rotatable bonds is 5. The standard InChI is InChI=1S/C17H21N3O4S/c1-12-5-7-15(13(2)9-12)18-16(21)11-20-10-14(6-8-17(20)22)25(23,24)19(3)4/h5-10H,11H2,1-4H3,(H,18,21). The van der Waals surface area contributed by atoms with Gasteiger partial charge in [0, 0.05) is 32.0 Å². The molecule has 0 aliphatic carbocycles. The molecule has 0 saturated carbocycles. The van der Waals surface area contributed by atoms with E-state index in [1.54, 1.807) is 6.07 Å². The van der Waals surface area contributed by atoms with Crippen molar-refractivity contribution in [2.45, 2.75) is 25.3 Å². The average molecular weight is 363 g/mol. The van der Waals surface area contributed by atoms with Crippen LogP contribution in [0.5, 0.6) is 0 Å². The number of amides is 1. The normalized spacial score (nSPS) is 11.6. The van der Waals surface area contributed by atoms with E-state index >= 15 is 0 Å². The maximum absolute atomic E-state index is 12.2. The van der Waals surface area contributed by atoms with Crippen LogP contribution in [0.1, 0.15) is 11.1 Å². The molecule has 1 N–H and O–H groups in total. The van der Waals surface area contributed by atoms with Gasteiger partial charge in [0.1, 0.15) is 6.54 Å². The molecule has 0 saturated heterocycles. The third-order valence-corrected chi connectivity index (χ3v) is 5.50. The molecule has 1 heterocycles. The van der Waals surface area contributed by atoms with E-state index in [0.29, 0.717) is 5.69 Å². The predicted molar refractivity (Wildman–Crippen MR) is 96.1 cm³/mol. The first-order valence-electron chi connectivity index (χ1n) is 7.61. The fraction of sp³-hybridized carbons (Fsp3) is 0.294. The Hall–Kier alpha value is -2.45. The van der Waals surface area contributed by atoms with Gasteiger partial charge < -0.3 is 9.88 Å². The smallest absolute Gasteiger partial charge is 0.251 e. The van der Waals surface area contributed by atoms with Crippen molar-refractivity contribution >= 4 is 21.6 Å². The fourth-order valence-corrected chi connectivity index (χ4v) is 3.22. The van der Waals surface area contributed by atoms with Crippen LogP contribution in [-0.2, 0) is 21.4 Å². The van der Waals surface area contributed by atoms with Crippen molar-refractivity contribution in [2.75, 3.05) is 19.4 Å². The third-order valence-electron chi connectivity index (χ3n) is 3.70. The zero-order valence-corrected chi connectivity index (χ0v) is 15.4. The zero-order chi connectivity index (χ0) is 18.8. The van der Waals surface area contributed by atoms with Crippen molar-refractivity contribution in [3.8, 4) is 0 Å². The second-order valence-corrected chi connectivity index (χ2v) is 8.14. The van der Waals surface area contributed by atoms with Crippen LogP contribution >= 0.6 is 0 Å². The Balaban J connectivity index is 2.25. The number of aryl methyl sites for hydroxylation is 2. The Morgan fingerprint density at radius 2 is 1.84 bits per heavy atom. The minimum absolute atomic E-state index is 0.0450. The Morgan fingerprint density at radius 3 is 2.44 bits per heavy atom. The van der Waals surface area contributed by atoms with Crippen molar-refractivity contribution in [1.29, 1.82) is 0 Å². The van der Waals surface area contributed by atoms with Crippen LogP contribution in [0.4, 0.5) is 5.69 Å². The van der Waals surface area contributed by atoms with Gasteiger partial charge in [-0.1, -0.05) is 17.7 Å². The van der Waals surface area contributed by atoms with E-state index < -0.39 is 21.5 Å². The largest absolute Gasteiger partial charge is 0.324 e. The summed E-state index contributed by atoms with van der Waals surface area (Å²) in [6, 6.07) is 7.97. The summed E-state index contributed by atoms with van der Waals surface area (Å²) in [7, 11) is -0.880. The van der Waals surface area contributed by atoms with E-state index in [-0.39, 0.29) is 11.4 Å². The molecule has 1 aromatic carbocycles. The first kappa shape index (κ1) is 18.9. The molecule has 1 amide bonds. The number of hydrogen-bond donors (Lipinski definition) is 1. The summed E-state index contributed by atoms with van der Waals surface area (Å²) in [5, 5.41) is 2.74. The minimum Gasteiger partial charge on any atom is -0.324 e. The summed E-state index contributed by atoms with van der Waals surface area (Å²) in [5.74, 6) is -0.409. The van der Waals surface area contributed by atoms with Gasteiger partial charge in [-0.15, -0.1) is 0 Å². The van der Waals surface area contributed by atoms with E-state index in [1.807, 2.05) is 26.0 Å². The third kappa shape index (κ3) is 4.34. The van der Waals surface area contributed by atoms with Crippen molar-refractivity contribution in [1.82, 2.24) is 8.87 Å². The summed E-state index contributed by atoms with van der Waals surface area (Å²) in [5.41, 5.74) is 2.19. The maximum Gasteiger partial charge on any atom is 0.251 e. The SMILES string of the molecule is Cc1ccc(NC(=O)Cn2cc(S(=O)(=O)N(C)C)ccc2=O)c(C)c1. The zero-order valence-electron chi connectivity index (χ0n) is 14.6. The highest BCUT2D eigenvalue weighted by molar-refractivity contribution is 7.89. The number of benzene rings is 1. The van der Waals surface area contributed by atoms with Crippen LogP contribution < -0.4 is 10.9 Å². The quantitative estimate of drug-likeness (QED) is 0.869. The van der Waals surface area contributed by atoms with Crippen LogP contribution in [-0.4, -0.2) is 37.3 Å². The number of sulfonamides is 1. The Kier molecular flexibility index (Phi) is 5.44. The second-order valence-electron chi connectivity index (χ2n) is 5.98. The average Bonchev–Trinajstić information content (AvgIpc) is 2.52. The van der Waals surface area contributed by atoms with E-state index in [9.17, 15) is 18.0 Å². The molecule has 0 bridgehead atoms. The number of carbonyl (C=O) groups excluding carboxylic acids is 1. The van der Waals surface area contributed by atoms with E-state index in [0.717, 1.165) is 26.1 Å². The van der Waals surface area contributed by atoms with Crippen molar-refractivity contribution < 1.29 is 13.2 Å². The van der Waals surface area contributed by atoms with Crippen LogP contribution in [0.15, 0.2) is 46.2 Å². The Morgan fingerprint density at radius 1 is 1.16 bits per heavy atom. The van der Waals surface area contributed by atoms with Crippen LogP contribution in [0.25, 0.3) is 0 Å². The van der Waals surface area contributed by atoms with Crippen molar-refractivity contribution in [3.63, 3.8) is 0 Å². The molecular formula is C17H21N3O4S. The molecule has 0 aliphatic heterocycles. The fourth-order valence-electron chi connectivity index (χ4n) is 2.29. The first-order chi connectivity index (χ1) is 11.6. The molecule has 7 nitrogen and oxygen atoms in total. The van der Waals surface area contributed by atoms with Crippen molar-refractivity contribution in [2.24, 2.45) is 0 Å². The molecule has 0 spiro atoms. The molecule has 25 heavy (non-hydrogen) atoms. The molecule has 2 rings (SSSR count). The lowest BCUT2D eigenvalue weighted by atomic mass is 10.1. The summed E-state index contributed by atoms with van der Waals surface area (Å²) < 4.78 is 26.4. The van der Waals surface area contributed by atoms with Crippen molar-refractivity contribution in [3.05, 3.63) is 58.0 Å². The Bertz CT molecular complexity index is 962. The topological polar surface area (TPSA) is 88.5 Å². The van der Waals surface area contributed by atoms with Crippen LogP contribution in [0, 0.1) is 13.8 Å². The molecule has 0 atom stereocenters. The monoisotopic (exact) mass is 363 g/mol. The van der Waals surface area contributed by atoms with E-state index in [4.69, 9.17) is 0 Å². The van der Waals surface area contributed by atoms with Gasteiger partial charge in [0.15, 0.2) is 0 Å². The molecule has 0 radical (unpaired) electrons.